The molecule has 7 heteroatoms. The summed E-state index contributed by atoms with van der Waals surface area (Å²) in [6, 6.07) is -0.132. The van der Waals surface area contributed by atoms with Gasteiger partial charge in [0.2, 0.25) is 0 Å². The summed E-state index contributed by atoms with van der Waals surface area (Å²) in [6.45, 7) is 1.05. The highest BCUT2D eigenvalue weighted by Gasteiger charge is 2.41. The minimum atomic E-state index is -0.933. The SMILES string of the molecule is O=C(NCC1CCC(C(=O)O)O1)NC1CCOC1C1CC1. The summed E-state index contributed by atoms with van der Waals surface area (Å²) < 4.78 is 11.0. The maximum Gasteiger partial charge on any atom is 0.332 e. The first-order chi connectivity index (χ1) is 10.1. The molecule has 0 bridgehead atoms. The van der Waals surface area contributed by atoms with Crippen molar-refractivity contribution in [2.45, 2.75) is 56.5 Å². The van der Waals surface area contributed by atoms with Gasteiger partial charge in [0.25, 0.3) is 0 Å². The van der Waals surface area contributed by atoms with Crippen LogP contribution in [0.25, 0.3) is 0 Å². The van der Waals surface area contributed by atoms with Gasteiger partial charge >= 0.3 is 12.0 Å². The van der Waals surface area contributed by atoms with Crippen molar-refractivity contribution < 1.29 is 24.2 Å². The first-order valence-corrected chi connectivity index (χ1v) is 7.67. The van der Waals surface area contributed by atoms with Gasteiger partial charge in [-0.25, -0.2) is 9.59 Å². The van der Waals surface area contributed by atoms with E-state index in [2.05, 4.69) is 10.6 Å². The molecule has 2 saturated heterocycles. The summed E-state index contributed by atoms with van der Waals surface area (Å²) in [4.78, 5) is 22.7. The van der Waals surface area contributed by atoms with Gasteiger partial charge in [-0.3, -0.25) is 0 Å². The fraction of sp³-hybridized carbons (Fsp3) is 0.857. The van der Waals surface area contributed by atoms with E-state index in [0.29, 0.717) is 31.9 Å². The minimum absolute atomic E-state index is 0.0914. The second-order valence-electron chi connectivity index (χ2n) is 6.08. The molecule has 1 aliphatic carbocycles. The van der Waals surface area contributed by atoms with Crippen LogP contribution in [0.15, 0.2) is 0 Å². The van der Waals surface area contributed by atoms with Crippen molar-refractivity contribution in [3.8, 4) is 0 Å². The van der Waals surface area contributed by atoms with Crippen molar-refractivity contribution in [1.29, 1.82) is 0 Å². The standard InChI is InChI=1S/C14H22N2O5/c17-13(18)11-4-3-9(21-11)7-15-14(19)16-10-5-6-20-12(10)8-1-2-8/h8-12H,1-7H2,(H,17,18)(H2,15,16,19). The lowest BCUT2D eigenvalue weighted by Crippen LogP contribution is -2.48. The topological polar surface area (TPSA) is 96.9 Å². The zero-order chi connectivity index (χ0) is 14.8. The smallest absolute Gasteiger partial charge is 0.332 e. The fourth-order valence-corrected chi connectivity index (χ4v) is 3.12. The third kappa shape index (κ3) is 3.65. The van der Waals surface area contributed by atoms with Gasteiger partial charge < -0.3 is 25.2 Å². The number of carbonyl (C=O) groups excluding carboxylic acids is 1. The van der Waals surface area contributed by atoms with Gasteiger partial charge in [-0.05, 0) is 38.0 Å². The number of urea groups is 1. The van der Waals surface area contributed by atoms with Gasteiger partial charge in [-0.2, -0.15) is 0 Å². The van der Waals surface area contributed by atoms with E-state index >= 15 is 0 Å². The molecule has 3 aliphatic rings. The number of rotatable bonds is 5. The summed E-state index contributed by atoms with van der Waals surface area (Å²) in [5.41, 5.74) is 0. The number of aliphatic carboxylic acids is 1. The van der Waals surface area contributed by atoms with Crippen LogP contribution in [-0.4, -0.2) is 54.6 Å². The molecule has 0 radical (unpaired) electrons. The minimum Gasteiger partial charge on any atom is -0.479 e. The molecule has 3 fully saturated rings. The number of hydrogen-bond donors (Lipinski definition) is 3. The van der Waals surface area contributed by atoms with Crippen molar-refractivity contribution in [2.24, 2.45) is 5.92 Å². The van der Waals surface area contributed by atoms with E-state index in [-0.39, 0.29) is 24.3 Å². The zero-order valence-corrected chi connectivity index (χ0v) is 11.9. The van der Waals surface area contributed by atoms with Crippen molar-refractivity contribution in [3.63, 3.8) is 0 Å². The van der Waals surface area contributed by atoms with Crippen LogP contribution in [0.5, 0.6) is 0 Å². The van der Waals surface area contributed by atoms with Crippen LogP contribution in [-0.2, 0) is 14.3 Å². The largest absolute Gasteiger partial charge is 0.479 e. The van der Waals surface area contributed by atoms with Crippen LogP contribution < -0.4 is 10.6 Å². The summed E-state index contributed by atoms with van der Waals surface area (Å²) in [5.74, 6) is -0.329. The molecule has 21 heavy (non-hydrogen) atoms. The second kappa shape index (κ2) is 6.19. The normalized spacial score (nSPS) is 35.6. The molecule has 0 aromatic rings. The summed E-state index contributed by atoms with van der Waals surface area (Å²) in [5, 5.41) is 14.6. The molecule has 0 aromatic carbocycles. The predicted molar refractivity (Wildman–Crippen MR) is 72.9 cm³/mol. The van der Waals surface area contributed by atoms with Gasteiger partial charge in [0.15, 0.2) is 6.10 Å². The van der Waals surface area contributed by atoms with Gasteiger partial charge in [0, 0.05) is 13.2 Å². The molecule has 4 unspecified atom stereocenters. The average molecular weight is 298 g/mol. The molecule has 2 aliphatic heterocycles. The molecular formula is C14H22N2O5. The highest BCUT2D eigenvalue weighted by atomic mass is 16.5. The number of amides is 2. The lowest BCUT2D eigenvalue weighted by molar-refractivity contribution is -0.149. The van der Waals surface area contributed by atoms with E-state index in [1.54, 1.807) is 0 Å². The quantitative estimate of drug-likeness (QED) is 0.686. The Morgan fingerprint density at radius 3 is 2.62 bits per heavy atom. The molecule has 0 spiro atoms. The second-order valence-corrected chi connectivity index (χ2v) is 6.08. The molecule has 0 aromatic heterocycles. The zero-order valence-electron chi connectivity index (χ0n) is 11.9. The van der Waals surface area contributed by atoms with Crippen molar-refractivity contribution in [3.05, 3.63) is 0 Å². The number of carboxylic acid groups (broad SMARTS) is 1. The summed E-state index contributed by atoms with van der Waals surface area (Å²) in [7, 11) is 0. The van der Waals surface area contributed by atoms with E-state index in [9.17, 15) is 9.59 Å². The average Bonchev–Trinajstić information content (AvgIpc) is 3.00. The van der Waals surface area contributed by atoms with Crippen molar-refractivity contribution in [2.75, 3.05) is 13.2 Å². The Labute approximate surface area is 123 Å². The molecule has 1 saturated carbocycles. The van der Waals surface area contributed by atoms with Crippen LogP contribution in [0.3, 0.4) is 0 Å². The maximum atomic E-state index is 11.9. The molecule has 2 heterocycles. The first kappa shape index (κ1) is 14.6. The number of carboxylic acids is 1. The van der Waals surface area contributed by atoms with Gasteiger partial charge in [0.1, 0.15) is 0 Å². The van der Waals surface area contributed by atoms with E-state index < -0.39 is 12.1 Å². The Balaban J connectivity index is 1.37. The molecule has 7 nitrogen and oxygen atoms in total. The van der Waals surface area contributed by atoms with Crippen molar-refractivity contribution >= 4 is 12.0 Å². The molecular weight excluding hydrogens is 276 g/mol. The lowest BCUT2D eigenvalue weighted by Gasteiger charge is -2.20. The Bertz CT molecular complexity index is 412. The molecule has 4 atom stereocenters. The number of carbonyl (C=O) groups is 2. The Hall–Kier alpha value is -1.34. The fourth-order valence-electron chi connectivity index (χ4n) is 3.12. The Morgan fingerprint density at radius 2 is 1.95 bits per heavy atom. The predicted octanol–water partition coefficient (Wildman–Crippen LogP) is 0.485. The molecule has 3 rings (SSSR count). The Morgan fingerprint density at radius 1 is 1.14 bits per heavy atom. The summed E-state index contributed by atoms with van der Waals surface area (Å²) >= 11 is 0. The molecule has 118 valence electrons. The Kier molecular flexibility index (Phi) is 4.30. The van der Waals surface area contributed by atoms with Crippen LogP contribution >= 0.6 is 0 Å². The molecule has 2 amide bonds. The third-order valence-corrected chi connectivity index (χ3v) is 4.41. The van der Waals surface area contributed by atoms with Crippen LogP contribution in [0.1, 0.15) is 32.1 Å². The van der Waals surface area contributed by atoms with Crippen LogP contribution in [0.4, 0.5) is 4.79 Å². The van der Waals surface area contributed by atoms with Crippen molar-refractivity contribution in [1.82, 2.24) is 10.6 Å². The van der Waals surface area contributed by atoms with Gasteiger partial charge in [-0.15, -0.1) is 0 Å². The van der Waals surface area contributed by atoms with Gasteiger partial charge in [-0.1, -0.05) is 0 Å². The third-order valence-electron chi connectivity index (χ3n) is 4.41. The lowest BCUT2D eigenvalue weighted by atomic mass is 10.1. The highest BCUT2D eigenvalue weighted by molar-refractivity contribution is 5.74. The van der Waals surface area contributed by atoms with Crippen LogP contribution in [0.2, 0.25) is 0 Å². The van der Waals surface area contributed by atoms with E-state index in [0.717, 1.165) is 6.42 Å². The monoisotopic (exact) mass is 298 g/mol. The number of nitrogens with one attached hydrogen (secondary N) is 2. The summed E-state index contributed by atoms with van der Waals surface area (Å²) in [6.07, 6.45) is 3.62. The van der Waals surface area contributed by atoms with E-state index in [1.807, 2.05) is 0 Å². The number of ether oxygens (including phenoxy) is 2. The van der Waals surface area contributed by atoms with Gasteiger partial charge in [0.05, 0.1) is 18.2 Å². The van der Waals surface area contributed by atoms with E-state index in [4.69, 9.17) is 14.6 Å². The molecule has 3 N–H and O–H groups in total. The first-order valence-electron chi connectivity index (χ1n) is 7.67. The maximum absolute atomic E-state index is 11.9. The number of hydrogen-bond acceptors (Lipinski definition) is 4. The van der Waals surface area contributed by atoms with Crippen LogP contribution in [0, 0.1) is 5.92 Å². The van der Waals surface area contributed by atoms with E-state index in [1.165, 1.54) is 12.8 Å². The highest BCUT2D eigenvalue weighted by Crippen LogP contribution is 2.38.